The summed E-state index contributed by atoms with van der Waals surface area (Å²) in [6.07, 6.45) is 2.39. The summed E-state index contributed by atoms with van der Waals surface area (Å²) >= 11 is 0. The van der Waals surface area contributed by atoms with Crippen LogP contribution in [0.1, 0.15) is 30.2 Å². The second kappa shape index (κ2) is 11.1. The maximum atomic E-state index is 9.58. The minimum absolute atomic E-state index is 0.0253. The van der Waals surface area contributed by atoms with E-state index < -0.39 is 0 Å². The van der Waals surface area contributed by atoms with Gasteiger partial charge in [-0.1, -0.05) is 72.8 Å². The molecule has 1 fully saturated rings. The van der Waals surface area contributed by atoms with Gasteiger partial charge in [0.15, 0.2) is 17.0 Å². The van der Waals surface area contributed by atoms with Crippen molar-refractivity contribution in [3.63, 3.8) is 0 Å². The fourth-order valence-corrected chi connectivity index (χ4v) is 4.90. The number of nitrogens with two attached hydrogens (primary N) is 1. The molecule has 9 nitrogen and oxygen atoms in total. The minimum Gasteiger partial charge on any atom is -0.488 e. The van der Waals surface area contributed by atoms with Gasteiger partial charge in [-0.2, -0.15) is 0 Å². The molecular weight excluding hydrogens is 492 g/mol. The maximum Gasteiger partial charge on any atom is 0.207 e. The van der Waals surface area contributed by atoms with Crippen molar-refractivity contribution in [2.75, 3.05) is 17.7 Å². The zero-order valence-corrected chi connectivity index (χ0v) is 21.4. The van der Waals surface area contributed by atoms with Crippen LogP contribution in [0.3, 0.4) is 0 Å². The fraction of sp³-hybridized carbons (Fsp3) is 0.233. The number of aliphatic hydroxyl groups excluding tert-OH is 1. The number of rotatable bonds is 9. The van der Waals surface area contributed by atoms with Crippen molar-refractivity contribution < 1.29 is 14.6 Å². The van der Waals surface area contributed by atoms with Crippen LogP contribution in [0.2, 0.25) is 0 Å². The van der Waals surface area contributed by atoms with Gasteiger partial charge in [0.2, 0.25) is 5.95 Å². The van der Waals surface area contributed by atoms with Gasteiger partial charge in [0.25, 0.3) is 0 Å². The molecule has 198 valence electrons. The summed E-state index contributed by atoms with van der Waals surface area (Å²) in [5.41, 5.74) is 11.5. The third kappa shape index (κ3) is 5.27. The Balaban J connectivity index is 1.29. The number of benzene rings is 3. The van der Waals surface area contributed by atoms with E-state index in [0.717, 1.165) is 40.8 Å². The zero-order valence-electron chi connectivity index (χ0n) is 21.4. The van der Waals surface area contributed by atoms with Crippen LogP contribution in [-0.2, 0) is 17.9 Å². The number of imidazole rings is 1. The van der Waals surface area contributed by atoms with Gasteiger partial charge in [-0.3, -0.25) is 4.57 Å². The zero-order chi connectivity index (χ0) is 26.6. The van der Waals surface area contributed by atoms with Crippen LogP contribution in [0.25, 0.3) is 22.3 Å². The van der Waals surface area contributed by atoms with Crippen LogP contribution in [-0.4, -0.2) is 37.3 Å². The number of fused-ring (bicyclic) bond motifs is 1. The van der Waals surface area contributed by atoms with E-state index in [1.54, 1.807) is 0 Å². The smallest absolute Gasteiger partial charge is 0.207 e. The topological polar surface area (TPSA) is 120 Å². The van der Waals surface area contributed by atoms with Crippen LogP contribution >= 0.6 is 0 Å². The molecule has 3 heterocycles. The highest BCUT2D eigenvalue weighted by Gasteiger charge is 2.30. The summed E-state index contributed by atoms with van der Waals surface area (Å²) in [5.74, 6) is 1.69. The van der Waals surface area contributed by atoms with Crippen LogP contribution in [0.5, 0.6) is 5.75 Å². The Morgan fingerprint density at radius 1 is 0.974 bits per heavy atom. The van der Waals surface area contributed by atoms with Gasteiger partial charge in [-0.15, -0.1) is 0 Å². The number of hydrogen-bond acceptors (Lipinski definition) is 8. The summed E-state index contributed by atoms with van der Waals surface area (Å²) in [5, 5.41) is 13.0. The summed E-state index contributed by atoms with van der Waals surface area (Å²) < 4.78 is 14.3. The molecule has 6 rings (SSSR count). The van der Waals surface area contributed by atoms with Gasteiger partial charge in [-0.05, 0) is 35.6 Å². The van der Waals surface area contributed by atoms with Crippen LogP contribution in [0, 0.1) is 0 Å². The Kier molecular flexibility index (Phi) is 7.07. The standard InChI is InChI=1S/C30H30N6O3/c31-28-27-29(34-19-33-28)36(26-14-12-23(17-37)39-26)30(35-27)32-16-21-11-13-24(22-9-5-2-6-10-22)25(15-21)38-18-20-7-3-1-4-8-20/h1-11,13,15,19,23,26,37H,12,14,16-18H2,(H,32,35)(H2,31,33,34)/t23-,26+/m0/s1. The predicted molar refractivity (Wildman–Crippen MR) is 150 cm³/mol. The first-order chi connectivity index (χ1) is 19.2. The van der Waals surface area contributed by atoms with E-state index in [9.17, 15) is 5.11 Å². The monoisotopic (exact) mass is 522 g/mol. The quantitative estimate of drug-likeness (QED) is 0.249. The Bertz CT molecular complexity index is 1560. The number of ether oxygens (including phenoxy) is 2. The first kappa shape index (κ1) is 24.8. The molecule has 9 heteroatoms. The molecule has 1 saturated heterocycles. The van der Waals surface area contributed by atoms with Gasteiger partial charge in [-0.25, -0.2) is 15.0 Å². The van der Waals surface area contributed by atoms with Crippen molar-refractivity contribution in [2.45, 2.75) is 38.3 Å². The average Bonchev–Trinajstić information content (AvgIpc) is 3.61. The highest BCUT2D eigenvalue weighted by molar-refractivity contribution is 5.84. The average molecular weight is 523 g/mol. The Morgan fingerprint density at radius 2 is 1.77 bits per heavy atom. The predicted octanol–water partition coefficient (Wildman–Crippen LogP) is 4.94. The Morgan fingerprint density at radius 3 is 2.54 bits per heavy atom. The highest BCUT2D eigenvalue weighted by Crippen LogP contribution is 2.35. The first-order valence-electron chi connectivity index (χ1n) is 13.0. The normalized spacial score (nSPS) is 16.9. The van der Waals surface area contributed by atoms with E-state index in [0.29, 0.717) is 36.1 Å². The molecule has 0 bridgehead atoms. The molecule has 2 aromatic heterocycles. The van der Waals surface area contributed by atoms with Crippen LogP contribution in [0.15, 0.2) is 85.2 Å². The second-order valence-corrected chi connectivity index (χ2v) is 9.53. The SMILES string of the molecule is Nc1ncnc2c1nc(NCc1ccc(-c3ccccc3)c(OCc3ccccc3)c1)n2[C@H]1CC[C@@H](CO)O1. The van der Waals surface area contributed by atoms with Crippen LogP contribution in [0.4, 0.5) is 11.8 Å². The summed E-state index contributed by atoms with van der Waals surface area (Å²) in [6, 6.07) is 26.6. The van der Waals surface area contributed by atoms with E-state index in [1.165, 1.54) is 6.33 Å². The number of nitrogen functional groups attached to an aromatic ring is 1. The Labute approximate surface area is 226 Å². The Hall–Kier alpha value is -4.47. The lowest BCUT2D eigenvalue weighted by Gasteiger charge is -2.18. The second-order valence-electron chi connectivity index (χ2n) is 9.53. The van der Waals surface area contributed by atoms with Gasteiger partial charge in [0, 0.05) is 12.1 Å². The molecule has 0 saturated carbocycles. The van der Waals surface area contributed by atoms with Gasteiger partial charge < -0.3 is 25.6 Å². The van der Waals surface area contributed by atoms with E-state index in [-0.39, 0.29) is 18.9 Å². The van der Waals surface area contributed by atoms with E-state index in [4.69, 9.17) is 20.2 Å². The van der Waals surface area contributed by atoms with Crippen molar-refractivity contribution in [2.24, 2.45) is 0 Å². The third-order valence-corrected chi connectivity index (χ3v) is 6.90. The molecule has 39 heavy (non-hydrogen) atoms. The molecule has 0 aliphatic carbocycles. The molecule has 0 spiro atoms. The minimum atomic E-state index is -0.311. The highest BCUT2D eigenvalue weighted by atomic mass is 16.5. The largest absolute Gasteiger partial charge is 0.488 e. The van der Waals surface area contributed by atoms with Crippen molar-refractivity contribution in [3.8, 4) is 16.9 Å². The summed E-state index contributed by atoms with van der Waals surface area (Å²) in [6.45, 7) is 0.933. The van der Waals surface area contributed by atoms with E-state index >= 15 is 0 Å². The summed E-state index contributed by atoms with van der Waals surface area (Å²) in [7, 11) is 0. The number of anilines is 2. The van der Waals surface area contributed by atoms with Crippen LogP contribution < -0.4 is 15.8 Å². The van der Waals surface area contributed by atoms with Crippen molar-refractivity contribution in [3.05, 3.63) is 96.3 Å². The van der Waals surface area contributed by atoms with Crippen molar-refractivity contribution in [1.82, 2.24) is 19.5 Å². The van der Waals surface area contributed by atoms with Crippen molar-refractivity contribution >= 4 is 22.9 Å². The molecule has 3 aromatic carbocycles. The molecule has 4 N–H and O–H groups in total. The fourth-order valence-electron chi connectivity index (χ4n) is 4.90. The van der Waals surface area contributed by atoms with E-state index in [1.807, 2.05) is 41.0 Å². The van der Waals surface area contributed by atoms with Crippen molar-refractivity contribution in [1.29, 1.82) is 0 Å². The molecular formula is C30H30N6O3. The number of hydrogen-bond donors (Lipinski definition) is 3. The lowest BCUT2D eigenvalue weighted by Crippen LogP contribution is -2.17. The lowest BCUT2D eigenvalue weighted by atomic mass is 10.0. The number of nitrogens with zero attached hydrogens (tertiary/aromatic N) is 4. The van der Waals surface area contributed by atoms with Gasteiger partial charge >= 0.3 is 0 Å². The summed E-state index contributed by atoms with van der Waals surface area (Å²) in [4.78, 5) is 13.2. The molecule has 0 unspecified atom stereocenters. The number of aliphatic hydroxyl groups is 1. The molecule has 5 aromatic rings. The number of aromatic nitrogens is 4. The maximum absolute atomic E-state index is 9.58. The molecule has 1 aliphatic heterocycles. The third-order valence-electron chi connectivity index (χ3n) is 6.90. The first-order valence-corrected chi connectivity index (χ1v) is 13.0. The molecule has 2 atom stereocenters. The molecule has 1 aliphatic rings. The van der Waals surface area contributed by atoms with E-state index in [2.05, 4.69) is 57.7 Å². The lowest BCUT2D eigenvalue weighted by molar-refractivity contribution is -0.0197. The van der Waals surface area contributed by atoms with Gasteiger partial charge in [0.1, 0.15) is 24.9 Å². The molecule has 0 amide bonds. The number of nitrogens with one attached hydrogen (secondary N) is 1. The van der Waals surface area contributed by atoms with Gasteiger partial charge in [0.05, 0.1) is 12.7 Å². The molecule has 0 radical (unpaired) electrons.